The number of likely N-dealkylation sites (tertiary alicyclic amines) is 1. The summed E-state index contributed by atoms with van der Waals surface area (Å²) in [6.45, 7) is 8.21. The summed E-state index contributed by atoms with van der Waals surface area (Å²) in [4.78, 5) is 15.3. The molecule has 1 saturated heterocycles. The van der Waals surface area contributed by atoms with Crippen LogP contribution in [0.15, 0.2) is 41.1 Å². The van der Waals surface area contributed by atoms with Crippen molar-refractivity contribution in [1.82, 2.24) is 29.2 Å². The van der Waals surface area contributed by atoms with Crippen LogP contribution in [-0.4, -0.2) is 68.0 Å². The molecule has 206 valence electrons. The van der Waals surface area contributed by atoms with E-state index in [1.54, 1.807) is 28.5 Å². The van der Waals surface area contributed by atoms with Gasteiger partial charge in [-0.2, -0.15) is 10.1 Å². The second-order valence-corrected chi connectivity index (χ2v) is 11.0. The maximum absolute atomic E-state index is 12.9. The lowest BCUT2D eigenvalue weighted by atomic mass is 9.91. The van der Waals surface area contributed by atoms with Crippen molar-refractivity contribution in [3.63, 3.8) is 0 Å². The van der Waals surface area contributed by atoms with Crippen molar-refractivity contribution >= 4 is 47.0 Å². The molecule has 13 heteroatoms. The highest BCUT2D eigenvalue weighted by atomic mass is 35.5. The van der Waals surface area contributed by atoms with E-state index >= 15 is 0 Å². The molecule has 0 amide bonds. The molecule has 1 atom stereocenters. The van der Waals surface area contributed by atoms with Crippen LogP contribution in [0.5, 0.6) is 5.75 Å². The monoisotopic (exact) mass is 555 g/mol. The van der Waals surface area contributed by atoms with Crippen molar-refractivity contribution in [3.8, 4) is 5.75 Å². The third-order valence-corrected chi connectivity index (χ3v) is 7.21. The van der Waals surface area contributed by atoms with Crippen molar-refractivity contribution in [2.24, 2.45) is 12.0 Å². The Balaban J connectivity index is 1.44. The number of anilines is 2. The minimum absolute atomic E-state index is 0.138. The van der Waals surface area contributed by atoms with Gasteiger partial charge in [-0.05, 0) is 6.42 Å². The lowest BCUT2D eigenvalue weighted by Gasteiger charge is -2.23. The topological polar surface area (TPSA) is 126 Å². The molecule has 0 spiro atoms. The standard InChI is InChI=1S/C26H32ClFN10O/c1-26(2,3)20-11-21(35-38(20)16-5-9-37(15-16)10-6-28)33-25-34-24-23(36(25)4)22(27)19(14-32-24)39-18(12-29)17-13-30-7-8-31-17/h7-8,11-14,16,29,31H,5-6,9-10,15H2,1-4H3,(H,32,33,34,35)/p+1/b18-17+,29-12?/t16-/m0/s1. The number of quaternary nitrogens is 1. The van der Waals surface area contributed by atoms with Gasteiger partial charge in [0.2, 0.25) is 11.7 Å². The molecule has 2 aliphatic rings. The van der Waals surface area contributed by atoms with Gasteiger partial charge in [0, 0.05) is 43.9 Å². The Kier molecular flexibility index (Phi) is 7.52. The van der Waals surface area contributed by atoms with Gasteiger partial charge in [-0.1, -0.05) is 32.4 Å². The molecule has 5 rings (SSSR count). The van der Waals surface area contributed by atoms with Crippen LogP contribution in [0.25, 0.3) is 11.2 Å². The molecule has 3 aromatic heterocycles. The fourth-order valence-corrected chi connectivity index (χ4v) is 5.14. The molecule has 2 aliphatic heterocycles. The molecule has 0 aliphatic carbocycles. The van der Waals surface area contributed by atoms with E-state index in [0.717, 1.165) is 31.4 Å². The van der Waals surface area contributed by atoms with E-state index in [9.17, 15) is 4.39 Å². The van der Waals surface area contributed by atoms with Gasteiger partial charge in [0.15, 0.2) is 22.9 Å². The summed E-state index contributed by atoms with van der Waals surface area (Å²) < 4.78 is 22.7. The third kappa shape index (κ3) is 5.45. The van der Waals surface area contributed by atoms with E-state index in [0.29, 0.717) is 51.7 Å². The Morgan fingerprint density at radius 3 is 2.90 bits per heavy atom. The summed E-state index contributed by atoms with van der Waals surface area (Å²) in [5.74, 6) is 1.78. The number of nitrogens with one attached hydrogen (secondary N) is 2. The SMILES string of the molecule is Cn1c(Nc2cc(C(C)(C)C)n([C@H]3CCN(CCF)C3)n2)nc2ncc(O/C(C=N)=C3\C=NC=C[NH2+]3)c(Cl)c21. The summed E-state index contributed by atoms with van der Waals surface area (Å²) >= 11 is 6.76. The van der Waals surface area contributed by atoms with Crippen LogP contribution in [0.2, 0.25) is 5.02 Å². The number of aryl methyl sites for hydroxylation is 1. The van der Waals surface area contributed by atoms with Gasteiger partial charge in [0.25, 0.3) is 0 Å². The second-order valence-electron chi connectivity index (χ2n) is 10.6. The van der Waals surface area contributed by atoms with Crippen LogP contribution in [0.4, 0.5) is 16.2 Å². The fraction of sp³-hybridized carbons (Fsp3) is 0.423. The predicted molar refractivity (Wildman–Crippen MR) is 150 cm³/mol. The summed E-state index contributed by atoms with van der Waals surface area (Å²) in [5, 5.41) is 18.1. The Bertz CT molecular complexity index is 1480. The van der Waals surface area contributed by atoms with Gasteiger partial charge in [-0.25, -0.2) is 9.37 Å². The van der Waals surface area contributed by atoms with Crippen LogP contribution >= 0.6 is 11.6 Å². The molecule has 0 radical (unpaired) electrons. The minimum atomic E-state index is -0.342. The molecular weight excluding hydrogens is 523 g/mol. The minimum Gasteiger partial charge on any atom is -0.446 e. The van der Waals surface area contributed by atoms with Gasteiger partial charge >= 0.3 is 0 Å². The van der Waals surface area contributed by atoms with E-state index in [1.165, 1.54) is 6.20 Å². The molecule has 5 heterocycles. The third-order valence-electron chi connectivity index (χ3n) is 6.84. The number of pyridine rings is 1. The van der Waals surface area contributed by atoms with E-state index in [2.05, 4.69) is 50.6 Å². The van der Waals surface area contributed by atoms with Gasteiger partial charge < -0.3 is 20.0 Å². The molecule has 0 bridgehead atoms. The molecule has 3 aromatic rings. The predicted octanol–water partition coefficient (Wildman–Crippen LogP) is 3.43. The molecule has 0 aromatic carbocycles. The molecular formula is C26H33ClFN10O+. The van der Waals surface area contributed by atoms with E-state index < -0.39 is 0 Å². The number of halogens is 2. The maximum Gasteiger partial charge on any atom is 0.210 e. The quantitative estimate of drug-likeness (QED) is 0.289. The first-order chi connectivity index (χ1) is 18.7. The van der Waals surface area contributed by atoms with Crippen molar-refractivity contribution in [2.45, 2.75) is 38.6 Å². The maximum atomic E-state index is 12.9. The smallest absolute Gasteiger partial charge is 0.210 e. The normalized spacial score (nSPS) is 19.2. The van der Waals surface area contributed by atoms with Crippen molar-refractivity contribution < 1.29 is 14.4 Å². The van der Waals surface area contributed by atoms with Gasteiger partial charge in [-0.15, -0.1) is 0 Å². The van der Waals surface area contributed by atoms with Crippen molar-refractivity contribution in [2.75, 3.05) is 31.6 Å². The Labute approximate surface area is 230 Å². The highest BCUT2D eigenvalue weighted by Gasteiger charge is 2.30. The highest BCUT2D eigenvalue weighted by Crippen LogP contribution is 2.35. The van der Waals surface area contributed by atoms with Crippen LogP contribution in [0, 0.1) is 5.41 Å². The average molecular weight is 556 g/mol. The number of nitrogens with two attached hydrogens (primary N) is 1. The molecule has 1 fully saturated rings. The van der Waals surface area contributed by atoms with Gasteiger partial charge in [-0.3, -0.25) is 19.9 Å². The molecule has 11 nitrogen and oxygen atoms in total. The van der Waals surface area contributed by atoms with E-state index in [4.69, 9.17) is 26.8 Å². The zero-order valence-corrected chi connectivity index (χ0v) is 23.2. The number of hydrogen-bond donors (Lipinski definition) is 3. The van der Waals surface area contributed by atoms with Crippen molar-refractivity contribution in [1.29, 1.82) is 5.41 Å². The highest BCUT2D eigenvalue weighted by molar-refractivity contribution is 6.36. The van der Waals surface area contributed by atoms with Crippen molar-refractivity contribution in [3.05, 3.63) is 46.8 Å². The summed E-state index contributed by atoms with van der Waals surface area (Å²) in [7, 11) is 1.84. The fourth-order valence-electron chi connectivity index (χ4n) is 4.84. The number of alkyl halides is 1. The van der Waals surface area contributed by atoms with E-state index in [1.807, 2.05) is 13.1 Å². The second kappa shape index (κ2) is 10.9. The average Bonchev–Trinajstić information content (AvgIpc) is 3.62. The number of aromatic nitrogens is 5. The number of aliphatic imine (C=N–C) groups is 1. The van der Waals surface area contributed by atoms with E-state index in [-0.39, 0.29) is 18.1 Å². The number of imidazole rings is 1. The molecule has 0 unspecified atom stereocenters. The van der Waals surface area contributed by atoms with Crippen LogP contribution < -0.4 is 15.4 Å². The zero-order chi connectivity index (χ0) is 27.7. The molecule has 4 N–H and O–H groups in total. The number of hydrogen-bond acceptors (Lipinski definition) is 8. The van der Waals surface area contributed by atoms with Crippen LogP contribution in [0.1, 0.15) is 38.9 Å². The lowest BCUT2D eigenvalue weighted by molar-refractivity contribution is -0.528. The summed E-state index contributed by atoms with van der Waals surface area (Å²) in [6, 6.07) is 2.22. The summed E-state index contributed by atoms with van der Waals surface area (Å²) in [5.41, 5.74) is 2.63. The summed E-state index contributed by atoms with van der Waals surface area (Å²) in [6.07, 6.45) is 8.56. The van der Waals surface area contributed by atoms with Gasteiger partial charge in [0.05, 0.1) is 30.9 Å². The first-order valence-electron chi connectivity index (χ1n) is 12.8. The lowest BCUT2D eigenvalue weighted by Crippen LogP contribution is -2.77. The van der Waals surface area contributed by atoms with Crippen LogP contribution in [0.3, 0.4) is 0 Å². The Morgan fingerprint density at radius 1 is 1.38 bits per heavy atom. The molecule has 39 heavy (non-hydrogen) atoms. The number of rotatable bonds is 8. The number of fused-ring (bicyclic) bond motifs is 1. The number of nitrogens with zero attached hydrogens (tertiary/aromatic N) is 7. The Morgan fingerprint density at radius 2 is 2.21 bits per heavy atom. The first kappa shape index (κ1) is 27.0. The van der Waals surface area contributed by atoms with Gasteiger partial charge in [0.1, 0.15) is 23.4 Å². The number of allylic oxidation sites excluding steroid dienone is 2. The van der Waals surface area contributed by atoms with Crippen LogP contribution in [-0.2, 0) is 12.5 Å². The Hall–Kier alpha value is -3.61. The largest absolute Gasteiger partial charge is 0.446 e. The zero-order valence-electron chi connectivity index (χ0n) is 22.4. The number of ether oxygens (including phenoxy) is 1. The molecule has 0 saturated carbocycles. The first-order valence-corrected chi connectivity index (χ1v) is 13.2.